The first-order valence-electron chi connectivity index (χ1n) is 6.24. The molecule has 0 bridgehead atoms. The van der Waals surface area contributed by atoms with Crippen LogP contribution in [0.15, 0.2) is 24.4 Å². The molecule has 1 heterocycles. The van der Waals surface area contributed by atoms with Crippen molar-refractivity contribution in [2.75, 3.05) is 0 Å². The number of rotatable bonds is 2. The van der Waals surface area contributed by atoms with Crippen molar-refractivity contribution >= 4 is 11.6 Å². The zero-order chi connectivity index (χ0) is 14.9. The van der Waals surface area contributed by atoms with Gasteiger partial charge in [-0.3, -0.25) is 0 Å². The molecule has 0 saturated carbocycles. The van der Waals surface area contributed by atoms with Gasteiger partial charge in [-0.1, -0.05) is 32.9 Å². The van der Waals surface area contributed by atoms with Crippen LogP contribution in [0.4, 0.5) is 4.39 Å². The van der Waals surface area contributed by atoms with Gasteiger partial charge in [-0.15, -0.1) is 0 Å². The standard InChI is InChI=1S/C15H16ClFN2O/c1-9-5-6-10(15(2,3)4)12(7-9)20-13-11(17)8-18-14(16)19-13/h5-8H,1-4H3. The molecule has 0 radical (unpaired) electrons. The molecular weight excluding hydrogens is 279 g/mol. The first-order chi connectivity index (χ1) is 9.27. The summed E-state index contributed by atoms with van der Waals surface area (Å²) in [6.45, 7) is 8.14. The highest BCUT2D eigenvalue weighted by molar-refractivity contribution is 6.28. The fraction of sp³-hybridized carbons (Fsp3) is 0.333. The maximum absolute atomic E-state index is 13.7. The Morgan fingerprint density at radius 1 is 1.25 bits per heavy atom. The summed E-state index contributed by atoms with van der Waals surface area (Å²) >= 11 is 5.68. The molecule has 106 valence electrons. The first-order valence-corrected chi connectivity index (χ1v) is 6.62. The molecule has 0 aliphatic rings. The quantitative estimate of drug-likeness (QED) is 0.755. The molecule has 0 saturated heterocycles. The van der Waals surface area contributed by atoms with Crippen LogP contribution in [0.25, 0.3) is 0 Å². The average molecular weight is 295 g/mol. The van der Waals surface area contributed by atoms with E-state index in [4.69, 9.17) is 16.3 Å². The zero-order valence-corrected chi connectivity index (χ0v) is 12.6. The minimum absolute atomic E-state index is 0.0497. The van der Waals surface area contributed by atoms with Gasteiger partial charge in [0.1, 0.15) is 5.75 Å². The summed E-state index contributed by atoms with van der Waals surface area (Å²) in [7, 11) is 0. The van der Waals surface area contributed by atoms with E-state index in [0.29, 0.717) is 5.75 Å². The number of aromatic nitrogens is 2. The summed E-state index contributed by atoms with van der Waals surface area (Å²) in [6, 6.07) is 5.83. The van der Waals surface area contributed by atoms with Crippen molar-refractivity contribution in [3.8, 4) is 11.6 Å². The number of benzene rings is 1. The van der Waals surface area contributed by atoms with Gasteiger partial charge < -0.3 is 4.74 Å². The number of halogens is 2. The highest BCUT2D eigenvalue weighted by atomic mass is 35.5. The summed E-state index contributed by atoms with van der Waals surface area (Å²) in [4.78, 5) is 7.35. The SMILES string of the molecule is Cc1ccc(C(C)(C)C)c(Oc2nc(Cl)ncc2F)c1. The fourth-order valence-electron chi connectivity index (χ4n) is 1.84. The van der Waals surface area contributed by atoms with Crippen molar-refractivity contribution in [1.82, 2.24) is 9.97 Å². The lowest BCUT2D eigenvalue weighted by Crippen LogP contribution is -2.13. The highest BCUT2D eigenvalue weighted by Crippen LogP contribution is 2.35. The fourth-order valence-corrected chi connectivity index (χ4v) is 1.97. The molecule has 1 aromatic carbocycles. The Hall–Kier alpha value is -1.68. The van der Waals surface area contributed by atoms with Crippen LogP contribution in [-0.2, 0) is 5.41 Å². The number of aryl methyl sites for hydroxylation is 1. The second-order valence-corrected chi connectivity index (χ2v) is 5.98. The number of nitrogens with zero attached hydrogens (tertiary/aromatic N) is 2. The largest absolute Gasteiger partial charge is 0.436 e. The summed E-state index contributed by atoms with van der Waals surface area (Å²) in [5, 5.41) is -0.0497. The van der Waals surface area contributed by atoms with Gasteiger partial charge in [0.15, 0.2) is 0 Å². The van der Waals surface area contributed by atoms with Gasteiger partial charge >= 0.3 is 0 Å². The van der Waals surface area contributed by atoms with E-state index < -0.39 is 5.82 Å². The Kier molecular flexibility index (Phi) is 3.95. The molecule has 2 rings (SSSR count). The summed E-state index contributed by atoms with van der Waals surface area (Å²) in [5.41, 5.74) is 1.86. The Morgan fingerprint density at radius 3 is 2.60 bits per heavy atom. The first kappa shape index (κ1) is 14.7. The smallest absolute Gasteiger partial charge is 0.260 e. The van der Waals surface area contributed by atoms with E-state index in [1.165, 1.54) is 0 Å². The Labute approximate surface area is 122 Å². The van der Waals surface area contributed by atoms with Gasteiger partial charge in [0, 0.05) is 5.56 Å². The van der Waals surface area contributed by atoms with Gasteiger partial charge in [0.25, 0.3) is 5.88 Å². The normalized spacial score (nSPS) is 11.5. The van der Waals surface area contributed by atoms with E-state index in [9.17, 15) is 4.39 Å². The molecule has 0 aliphatic carbocycles. The topological polar surface area (TPSA) is 35.0 Å². The lowest BCUT2D eigenvalue weighted by atomic mass is 9.86. The summed E-state index contributed by atoms with van der Waals surface area (Å²) < 4.78 is 19.3. The van der Waals surface area contributed by atoms with Crippen LogP contribution >= 0.6 is 11.6 Å². The minimum atomic E-state index is -0.643. The Bertz CT molecular complexity index is 638. The predicted molar refractivity (Wildman–Crippen MR) is 77.0 cm³/mol. The molecule has 5 heteroatoms. The maximum atomic E-state index is 13.7. The number of ether oxygens (including phenoxy) is 1. The second-order valence-electron chi connectivity index (χ2n) is 5.64. The van der Waals surface area contributed by atoms with Crippen LogP contribution in [-0.4, -0.2) is 9.97 Å². The van der Waals surface area contributed by atoms with Crippen LogP contribution in [0.2, 0.25) is 5.28 Å². The van der Waals surface area contributed by atoms with Crippen LogP contribution in [0, 0.1) is 12.7 Å². The number of hydrogen-bond acceptors (Lipinski definition) is 3. The molecule has 0 atom stereocenters. The van der Waals surface area contributed by atoms with Crippen molar-refractivity contribution in [3.63, 3.8) is 0 Å². The van der Waals surface area contributed by atoms with Crippen molar-refractivity contribution < 1.29 is 9.13 Å². The molecule has 20 heavy (non-hydrogen) atoms. The number of hydrogen-bond donors (Lipinski definition) is 0. The van der Waals surface area contributed by atoms with Crippen LogP contribution in [0.3, 0.4) is 0 Å². The van der Waals surface area contributed by atoms with Gasteiger partial charge in [0.2, 0.25) is 11.1 Å². The molecule has 0 N–H and O–H groups in total. The molecule has 3 nitrogen and oxygen atoms in total. The van der Waals surface area contributed by atoms with Crippen LogP contribution in [0.1, 0.15) is 31.9 Å². The molecule has 2 aromatic rings. The van der Waals surface area contributed by atoms with E-state index in [0.717, 1.165) is 17.3 Å². The lowest BCUT2D eigenvalue weighted by Gasteiger charge is -2.22. The van der Waals surface area contributed by atoms with Gasteiger partial charge in [0.05, 0.1) is 6.20 Å². The van der Waals surface area contributed by atoms with Crippen molar-refractivity contribution in [3.05, 3.63) is 46.6 Å². The second kappa shape index (κ2) is 5.37. The van der Waals surface area contributed by atoms with E-state index in [2.05, 4.69) is 30.7 Å². The van der Waals surface area contributed by atoms with E-state index in [1.54, 1.807) is 0 Å². The van der Waals surface area contributed by atoms with Crippen LogP contribution in [0.5, 0.6) is 11.6 Å². The molecule has 1 aromatic heterocycles. The van der Waals surface area contributed by atoms with Crippen molar-refractivity contribution in [2.45, 2.75) is 33.1 Å². The van der Waals surface area contributed by atoms with E-state index in [1.807, 2.05) is 25.1 Å². The molecule has 0 fully saturated rings. The van der Waals surface area contributed by atoms with E-state index >= 15 is 0 Å². The molecule has 0 unspecified atom stereocenters. The van der Waals surface area contributed by atoms with E-state index in [-0.39, 0.29) is 16.6 Å². The molecular formula is C15H16ClFN2O. The van der Waals surface area contributed by atoms with Gasteiger partial charge in [-0.05, 0) is 35.6 Å². The Balaban J connectivity index is 2.47. The molecule has 0 aliphatic heterocycles. The average Bonchev–Trinajstić information content (AvgIpc) is 2.32. The third-order valence-corrected chi connectivity index (χ3v) is 3.02. The molecule has 0 amide bonds. The third kappa shape index (κ3) is 3.25. The highest BCUT2D eigenvalue weighted by Gasteiger charge is 2.20. The summed E-state index contributed by atoms with van der Waals surface area (Å²) in [6.07, 6.45) is 0.997. The van der Waals surface area contributed by atoms with Crippen molar-refractivity contribution in [1.29, 1.82) is 0 Å². The van der Waals surface area contributed by atoms with Gasteiger partial charge in [-0.2, -0.15) is 9.37 Å². The Morgan fingerprint density at radius 2 is 1.95 bits per heavy atom. The maximum Gasteiger partial charge on any atom is 0.260 e. The lowest BCUT2D eigenvalue weighted by molar-refractivity contribution is 0.405. The third-order valence-electron chi connectivity index (χ3n) is 2.83. The monoisotopic (exact) mass is 294 g/mol. The molecule has 0 spiro atoms. The van der Waals surface area contributed by atoms with Crippen LogP contribution < -0.4 is 4.74 Å². The minimum Gasteiger partial charge on any atom is -0.436 e. The van der Waals surface area contributed by atoms with Gasteiger partial charge in [-0.25, -0.2) is 4.98 Å². The summed E-state index contributed by atoms with van der Waals surface area (Å²) in [5.74, 6) is -0.233. The predicted octanol–water partition coefficient (Wildman–Crippen LogP) is 4.67. The zero-order valence-electron chi connectivity index (χ0n) is 11.9. The van der Waals surface area contributed by atoms with Crippen molar-refractivity contribution in [2.24, 2.45) is 0 Å².